The van der Waals surface area contributed by atoms with Gasteiger partial charge in [0.05, 0.1) is 11.7 Å². The molecule has 0 radical (unpaired) electrons. The number of carbonyl (C=O) groups excluding carboxylic acids is 1. The normalized spacial score (nSPS) is 20.8. The van der Waals surface area contributed by atoms with Crippen molar-refractivity contribution >= 4 is 5.91 Å². The van der Waals surface area contributed by atoms with Gasteiger partial charge in [0.1, 0.15) is 5.76 Å². The Labute approximate surface area is 154 Å². The molecular formula is C20H26N4O2. The highest BCUT2D eigenvalue weighted by Gasteiger charge is 2.30. The first-order valence-electron chi connectivity index (χ1n) is 9.35. The monoisotopic (exact) mass is 354 g/mol. The third-order valence-electron chi connectivity index (χ3n) is 5.63. The number of nitrogens with zero attached hydrogens (tertiary/aromatic N) is 3. The van der Waals surface area contributed by atoms with Crippen molar-refractivity contribution < 1.29 is 9.32 Å². The third-order valence-corrected chi connectivity index (χ3v) is 5.63. The van der Waals surface area contributed by atoms with Gasteiger partial charge in [0.15, 0.2) is 0 Å². The number of amides is 1. The van der Waals surface area contributed by atoms with Gasteiger partial charge in [-0.3, -0.25) is 9.69 Å². The smallest absolute Gasteiger partial charge is 0.240 e. The summed E-state index contributed by atoms with van der Waals surface area (Å²) >= 11 is 0. The summed E-state index contributed by atoms with van der Waals surface area (Å²) < 4.78 is 5.25. The minimum atomic E-state index is -0.0981. The Hall–Kier alpha value is -2.18. The summed E-state index contributed by atoms with van der Waals surface area (Å²) in [4.78, 5) is 17.3. The van der Waals surface area contributed by atoms with Gasteiger partial charge < -0.3 is 14.7 Å². The van der Waals surface area contributed by atoms with E-state index in [-0.39, 0.29) is 11.9 Å². The molecule has 1 saturated heterocycles. The molecule has 2 aliphatic heterocycles. The lowest BCUT2D eigenvalue weighted by Crippen LogP contribution is -2.55. The highest BCUT2D eigenvalue weighted by atomic mass is 16.5. The number of piperazine rings is 1. The van der Waals surface area contributed by atoms with Gasteiger partial charge in [-0.15, -0.1) is 0 Å². The van der Waals surface area contributed by atoms with Crippen LogP contribution in [0.2, 0.25) is 0 Å². The summed E-state index contributed by atoms with van der Waals surface area (Å²) in [6, 6.07) is 8.29. The first kappa shape index (κ1) is 17.2. The van der Waals surface area contributed by atoms with Crippen molar-refractivity contribution in [3.63, 3.8) is 0 Å². The second-order valence-electron chi connectivity index (χ2n) is 7.31. The summed E-state index contributed by atoms with van der Waals surface area (Å²) in [7, 11) is 0. The van der Waals surface area contributed by atoms with E-state index in [0.29, 0.717) is 0 Å². The molecule has 6 heteroatoms. The van der Waals surface area contributed by atoms with E-state index in [1.54, 1.807) is 0 Å². The van der Waals surface area contributed by atoms with Crippen LogP contribution in [0.25, 0.3) is 0 Å². The number of aromatic nitrogens is 1. The van der Waals surface area contributed by atoms with Gasteiger partial charge in [0.2, 0.25) is 5.91 Å². The average molecular weight is 354 g/mol. The number of benzene rings is 1. The minimum Gasteiger partial charge on any atom is -0.361 e. The van der Waals surface area contributed by atoms with E-state index in [2.05, 4.69) is 39.6 Å². The Morgan fingerprint density at radius 2 is 1.92 bits per heavy atom. The number of rotatable bonds is 3. The van der Waals surface area contributed by atoms with Crippen LogP contribution in [0.15, 0.2) is 28.8 Å². The number of hydrogen-bond donors (Lipinski definition) is 1. The predicted octanol–water partition coefficient (Wildman–Crippen LogP) is 1.65. The molecule has 0 bridgehead atoms. The molecule has 138 valence electrons. The fourth-order valence-corrected chi connectivity index (χ4v) is 3.93. The summed E-state index contributed by atoms with van der Waals surface area (Å²) in [6.45, 7) is 8.90. The van der Waals surface area contributed by atoms with Crippen molar-refractivity contribution in [3.05, 3.63) is 52.4 Å². The van der Waals surface area contributed by atoms with Gasteiger partial charge in [-0.25, -0.2) is 0 Å². The van der Waals surface area contributed by atoms with E-state index in [9.17, 15) is 4.79 Å². The molecule has 1 amide bonds. The molecular weight excluding hydrogens is 328 g/mol. The van der Waals surface area contributed by atoms with Crippen molar-refractivity contribution in [3.8, 4) is 0 Å². The van der Waals surface area contributed by atoms with Crippen LogP contribution in [-0.2, 0) is 24.3 Å². The molecule has 1 aromatic heterocycles. The van der Waals surface area contributed by atoms with Crippen LogP contribution in [0.1, 0.15) is 28.1 Å². The van der Waals surface area contributed by atoms with Crippen molar-refractivity contribution in [1.82, 2.24) is 20.3 Å². The highest BCUT2D eigenvalue weighted by molar-refractivity contribution is 5.82. The number of aryl methyl sites for hydroxylation is 2. The van der Waals surface area contributed by atoms with Gasteiger partial charge in [-0.2, -0.15) is 0 Å². The van der Waals surface area contributed by atoms with E-state index in [1.165, 1.54) is 16.7 Å². The zero-order valence-electron chi connectivity index (χ0n) is 15.5. The molecule has 0 spiro atoms. The van der Waals surface area contributed by atoms with E-state index >= 15 is 0 Å². The summed E-state index contributed by atoms with van der Waals surface area (Å²) in [5, 5.41) is 7.44. The quantitative estimate of drug-likeness (QED) is 0.908. The SMILES string of the molecule is Cc1noc(C)c1CN1CCN(C(=O)[C@H]2Cc3ccccc3CN2)CC1. The van der Waals surface area contributed by atoms with E-state index in [0.717, 1.165) is 57.1 Å². The molecule has 26 heavy (non-hydrogen) atoms. The van der Waals surface area contributed by atoms with Gasteiger partial charge in [-0.05, 0) is 31.4 Å². The lowest BCUT2D eigenvalue weighted by molar-refractivity contribution is -0.135. The van der Waals surface area contributed by atoms with Gasteiger partial charge in [-0.1, -0.05) is 29.4 Å². The van der Waals surface area contributed by atoms with Crippen LogP contribution in [0.3, 0.4) is 0 Å². The maximum atomic E-state index is 12.9. The van der Waals surface area contributed by atoms with Gasteiger partial charge in [0, 0.05) is 44.8 Å². The molecule has 0 aliphatic carbocycles. The molecule has 2 aliphatic rings. The van der Waals surface area contributed by atoms with Crippen molar-refractivity contribution in [2.45, 2.75) is 39.4 Å². The second-order valence-corrected chi connectivity index (χ2v) is 7.31. The standard InChI is InChI=1S/C20H26N4O2/c1-14-18(15(2)26-22-14)13-23-7-9-24(10-8-23)20(25)19-11-16-5-3-4-6-17(16)12-21-19/h3-6,19,21H,7-13H2,1-2H3/t19-/m1/s1. The van der Waals surface area contributed by atoms with Crippen molar-refractivity contribution in [2.24, 2.45) is 0 Å². The molecule has 1 N–H and O–H groups in total. The minimum absolute atomic E-state index is 0.0981. The highest BCUT2D eigenvalue weighted by Crippen LogP contribution is 2.19. The van der Waals surface area contributed by atoms with E-state index in [4.69, 9.17) is 4.52 Å². The topological polar surface area (TPSA) is 61.6 Å². The Bertz CT molecular complexity index is 773. The molecule has 2 aromatic rings. The van der Waals surface area contributed by atoms with Gasteiger partial charge in [0.25, 0.3) is 0 Å². The molecule has 6 nitrogen and oxygen atoms in total. The summed E-state index contributed by atoms with van der Waals surface area (Å²) in [5.74, 6) is 1.13. The fourth-order valence-electron chi connectivity index (χ4n) is 3.93. The summed E-state index contributed by atoms with van der Waals surface area (Å²) in [6.07, 6.45) is 0.786. The first-order chi connectivity index (χ1) is 12.6. The molecule has 1 atom stereocenters. The molecule has 3 heterocycles. The maximum absolute atomic E-state index is 12.9. The van der Waals surface area contributed by atoms with Crippen LogP contribution < -0.4 is 5.32 Å². The van der Waals surface area contributed by atoms with E-state index < -0.39 is 0 Å². The van der Waals surface area contributed by atoms with E-state index in [1.807, 2.05) is 18.7 Å². The number of nitrogens with one attached hydrogen (secondary N) is 1. The lowest BCUT2D eigenvalue weighted by atomic mass is 9.95. The van der Waals surface area contributed by atoms with Crippen LogP contribution >= 0.6 is 0 Å². The zero-order chi connectivity index (χ0) is 18.1. The Morgan fingerprint density at radius 3 is 2.62 bits per heavy atom. The number of fused-ring (bicyclic) bond motifs is 1. The molecule has 0 saturated carbocycles. The molecule has 1 fully saturated rings. The number of hydrogen-bond acceptors (Lipinski definition) is 5. The number of carbonyl (C=O) groups is 1. The van der Waals surface area contributed by atoms with Crippen LogP contribution in [0.4, 0.5) is 0 Å². The molecule has 1 aromatic carbocycles. The second kappa shape index (κ2) is 7.21. The van der Waals surface area contributed by atoms with Crippen molar-refractivity contribution in [2.75, 3.05) is 26.2 Å². The van der Waals surface area contributed by atoms with Crippen LogP contribution in [0, 0.1) is 13.8 Å². The average Bonchev–Trinajstić information content (AvgIpc) is 2.99. The summed E-state index contributed by atoms with van der Waals surface area (Å²) in [5.41, 5.74) is 4.74. The maximum Gasteiger partial charge on any atom is 0.240 e. The van der Waals surface area contributed by atoms with Crippen LogP contribution in [-0.4, -0.2) is 53.1 Å². The molecule has 0 unspecified atom stereocenters. The van der Waals surface area contributed by atoms with Crippen molar-refractivity contribution in [1.29, 1.82) is 0 Å². The Balaban J connectivity index is 1.33. The van der Waals surface area contributed by atoms with Crippen LogP contribution in [0.5, 0.6) is 0 Å². The largest absolute Gasteiger partial charge is 0.361 e. The Morgan fingerprint density at radius 1 is 1.19 bits per heavy atom. The molecule has 4 rings (SSSR count). The fraction of sp³-hybridized carbons (Fsp3) is 0.500. The zero-order valence-corrected chi connectivity index (χ0v) is 15.5. The first-order valence-corrected chi connectivity index (χ1v) is 9.35. The van der Waals surface area contributed by atoms with Gasteiger partial charge >= 0.3 is 0 Å². The third kappa shape index (κ3) is 3.39. The lowest BCUT2D eigenvalue weighted by Gasteiger charge is -2.37. The Kier molecular flexibility index (Phi) is 4.78. The predicted molar refractivity (Wildman–Crippen MR) is 98.6 cm³/mol.